The molecule has 2 N–H and O–H groups in total. The maximum absolute atomic E-state index is 12.7. The SMILES string of the molecule is Cc1c(Cl)cccc1NC(=O)Cn1ncc2c([nH]c3ccccc32)c1=O. The smallest absolute Gasteiger partial charge is 0.291 e. The summed E-state index contributed by atoms with van der Waals surface area (Å²) < 4.78 is 1.15. The number of hydrogen-bond donors (Lipinski definition) is 2. The van der Waals surface area contributed by atoms with Crippen molar-refractivity contribution in [3.05, 3.63) is 69.6 Å². The number of aromatic nitrogens is 3. The van der Waals surface area contributed by atoms with Crippen LogP contribution in [0.4, 0.5) is 5.69 Å². The first kappa shape index (κ1) is 16.4. The molecule has 0 aliphatic carbocycles. The molecule has 130 valence electrons. The van der Waals surface area contributed by atoms with Crippen LogP contribution in [0, 0.1) is 6.92 Å². The minimum absolute atomic E-state index is 0.184. The first-order valence-electron chi connectivity index (χ1n) is 8.06. The zero-order valence-corrected chi connectivity index (χ0v) is 14.7. The van der Waals surface area contributed by atoms with Gasteiger partial charge in [-0.15, -0.1) is 0 Å². The van der Waals surface area contributed by atoms with Crippen LogP contribution in [0.3, 0.4) is 0 Å². The topological polar surface area (TPSA) is 79.8 Å². The molecule has 0 atom stereocenters. The number of hydrogen-bond acceptors (Lipinski definition) is 3. The molecule has 4 aromatic rings. The van der Waals surface area contributed by atoms with E-state index >= 15 is 0 Å². The van der Waals surface area contributed by atoms with E-state index in [2.05, 4.69) is 15.4 Å². The van der Waals surface area contributed by atoms with Gasteiger partial charge in [-0.2, -0.15) is 5.10 Å². The summed E-state index contributed by atoms with van der Waals surface area (Å²) in [6.07, 6.45) is 1.60. The van der Waals surface area contributed by atoms with Gasteiger partial charge in [-0.1, -0.05) is 35.9 Å². The van der Waals surface area contributed by atoms with Gasteiger partial charge in [0.05, 0.1) is 6.20 Å². The molecule has 0 aliphatic heterocycles. The van der Waals surface area contributed by atoms with Gasteiger partial charge in [0.15, 0.2) is 0 Å². The molecule has 0 fully saturated rings. The lowest BCUT2D eigenvalue weighted by Crippen LogP contribution is -2.29. The molecule has 0 aliphatic rings. The lowest BCUT2D eigenvalue weighted by molar-refractivity contribution is -0.117. The van der Waals surface area contributed by atoms with Gasteiger partial charge in [0.1, 0.15) is 12.1 Å². The van der Waals surface area contributed by atoms with E-state index in [-0.39, 0.29) is 18.0 Å². The summed E-state index contributed by atoms with van der Waals surface area (Å²) in [4.78, 5) is 28.1. The van der Waals surface area contributed by atoms with E-state index in [1.165, 1.54) is 0 Å². The second kappa shape index (κ2) is 6.31. The van der Waals surface area contributed by atoms with Crippen molar-refractivity contribution in [1.29, 1.82) is 0 Å². The molecule has 2 aromatic heterocycles. The maximum atomic E-state index is 12.7. The Morgan fingerprint density at radius 3 is 2.85 bits per heavy atom. The third kappa shape index (κ3) is 2.74. The first-order chi connectivity index (χ1) is 12.5. The highest BCUT2D eigenvalue weighted by atomic mass is 35.5. The minimum Gasteiger partial charge on any atom is -0.350 e. The molecule has 0 radical (unpaired) electrons. The van der Waals surface area contributed by atoms with Gasteiger partial charge in [0.25, 0.3) is 5.56 Å². The third-order valence-electron chi connectivity index (χ3n) is 4.36. The standard InChI is InChI=1S/C19H15ClN4O2/c1-11-14(20)6-4-8-15(11)22-17(25)10-24-19(26)18-13(9-21-24)12-5-2-3-7-16(12)23-18/h2-9,23H,10H2,1H3,(H,22,25). The molecular formula is C19H15ClN4O2. The van der Waals surface area contributed by atoms with E-state index in [0.717, 1.165) is 26.5 Å². The van der Waals surface area contributed by atoms with Gasteiger partial charge >= 0.3 is 0 Å². The van der Waals surface area contributed by atoms with Crippen LogP contribution < -0.4 is 10.9 Å². The summed E-state index contributed by atoms with van der Waals surface area (Å²) in [5.74, 6) is -0.347. The summed E-state index contributed by atoms with van der Waals surface area (Å²) in [5, 5.41) is 9.16. The molecule has 0 saturated heterocycles. The van der Waals surface area contributed by atoms with Gasteiger partial charge in [0.2, 0.25) is 5.91 Å². The van der Waals surface area contributed by atoms with Crippen molar-refractivity contribution in [2.24, 2.45) is 0 Å². The van der Waals surface area contributed by atoms with E-state index in [0.29, 0.717) is 16.2 Å². The Morgan fingerprint density at radius 2 is 2.00 bits per heavy atom. The van der Waals surface area contributed by atoms with Gasteiger partial charge in [-0.25, -0.2) is 4.68 Å². The van der Waals surface area contributed by atoms with Crippen molar-refractivity contribution in [2.45, 2.75) is 13.5 Å². The van der Waals surface area contributed by atoms with Gasteiger partial charge in [-0.3, -0.25) is 9.59 Å². The van der Waals surface area contributed by atoms with Crippen LogP contribution in [-0.4, -0.2) is 20.7 Å². The number of halogens is 1. The van der Waals surface area contributed by atoms with Crippen molar-refractivity contribution >= 4 is 45.0 Å². The van der Waals surface area contributed by atoms with E-state index in [4.69, 9.17) is 11.6 Å². The summed E-state index contributed by atoms with van der Waals surface area (Å²) in [6, 6.07) is 12.9. The number of nitrogens with one attached hydrogen (secondary N) is 2. The molecule has 2 aromatic carbocycles. The molecular weight excluding hydrogens is 352 g/mol. The Hall–Kier alpha value is -3.12. The first-order valence-corrected chi connectivity index (χ1v) is 8.44. The lowest BCUT2D eigenvalue weighted by Gasteiger charge is -2.10. The van der Waals surface area contributed by atoms with Crippen molar-refractivity contribution < 1.29 is 4.79 Å². The molecule has 0 saturated carbocycles. The van der Waals surface area contributed by atoms with Crippen LogP contribution in [0.15, 0.2) is 53.5 Å². The second-order valence-electron chi connectivity index (χ2n) is 6.03. The molecule has 4 rings (SSSR count). The average Bonchev–Trinajstić information content (AvgIpc) is 3.01. The second-order valence-corrected chi connectivity index (χ2v) is 6.43. The number of para-hydroxylation sites is 1. The summed E-state index contributed by atoms with van der Waals surface area (Å²) in [5.41, 5.74) is 2.35. The molecule has 1 amide bonds. The van der Waals surface area contributed by atoms with Gasteiger partial charge < -0.3 is 10.3 Å². The number of H-pyrrole nitrogens is 1. The van der Waals surface area contributed by atoms with Crippen LogP contribution in [0.2, 0.25) is 5.02 Å². The highest BCUT2D eigenvalue weighted by Crippen LogP contribution is 2.23. The number of nitrogens with zero attached hydrogens (tertiary/aromatic N) is 2. The Morgan fingerprint density at radius 1 is 1.19 bits per heavy atom. The number of amides is 1. The number of carbonyl (C=O) groups excluding carboxylic acids is 1. The zero-order valence-electron chi connectivity index (χ0n) is 13.9. The van der Waals surface area contributed by atoms with Gasteiger partial charge in [-0.05, 0) is 30.7 Å². The van der Waals surface area contributed by atoms with Crippen LogP contribution in [0.5, 0.6) is 0 Å². The fourth-order valence-corrected chi connectivity index (χ4v) is 3.13. The number of fused-ring (bicyclic) bond motifs is 3. The highest BCUT2D eigenvalue weighted by molar-refractivity contribution is 6.31. The molecule has 2 heterocycles. The fourth-order valence-electron chi connectivity index (χ4n) is 2.96. The van der Waals surface area contributed by atoms with Gasteiger partial charge in [0, 0.05) is 27.0 Å². The predicted molar refractivity (Wildman–Crippen MR) is 103 cm³/mol. The maximum Gasteiger partial charge on any atom is 0.291 e. The Balaban J connectivity index is 1.66. The Kier molecular flexibility index (Phi) is 3.97. The summed E-state index contributed by atoms with van der Waals surface area (Å²) in [6.45, 7) is 1.63. The van der Waals surface area contributed by atoms with Crippen molar-refractivity contribution in [1.82, 2.24) is 14.8 Å². The molecule has 0 bridgehead atoms. The lowest BCUT2D eigenvalue weighted by atomic mass is 10.2. The third-order valence-corrected chi connectivity index (χ3v) is 4.77. The molecule has 26 heavy (non-hydrogen) atoms. The molecule has 7 heteroatoms. The number of anilines is 1. The van der Waals surface area contributed by atoms with Crippen LogP contribution >= 0.6 is 11.6 Å². The summed E-state index contributed by atoms with van der Waals surface area (Å²) >= 11 is 6.06. The van der Waals surface area contributed by atoms with Crippen molar-refractivity contribution in [2.75, 3.05) is 5.32 Å². The van der Waals surface area contributed by atoms with E-state index in [1.807, 2.05) is 31.2 Å². The van der Waals surface area contributed by atoms with Crippen molar-refractivity contribution in [3.8, 4) is 0 Å². The van der Waals surface area contributed by atoms with E-state index < -0.39 is 0 Å². The Bertz CT molecular complexity index is 1210. The number of carbonyl (C=O) groups is 1. The minimum atomic E-state index is -0.347. The summed E-state index contributed by atoms with van der Waals surface area (Å²) in [7, 11) is 0. The van der Waals surface area contributed by atoms with E-state index in [9.17, 15) is 9.59 Å². The van der Waals surface area contributed by atoms with E-state index in [1.54, 1.807) is 24.4 Å². The van der Waals surface area contributed by atoms with Crippen LogP contribution in [-0.2, 0) is 11.3 Å². The largest absolute Gasteiger partial charge is 0.350 e. The van der Waals surface area contributed by atoms with Crippen LogP contribution in [0.1, 0.15) is 5.56 Å². The predicted octanol–water partition coefficient (Wildman–Crippen LogP) is 3.48. The van der Waals surface area contributed by atoms with Crippen molar-refractivity contribution in [3.63, 3.8) is 0 Å². The molecule has 0 spiro atoms. The molecule has 0 unspecified atom stereocenters. The quantitative estimate of drug-likeness (QED) is 0.582. The number of benzene rings is 2. The number of rotatable bonds is 3. The normalized spacial score (nSPS) is 11.2. The monoisotopic (exact) mass is 366 g/mol. The number of aromatic amines is 1. The zero-order chi connectivity index (χ0) is 18.3. The highest BCUT2D eigenvalue weighted by Gasteiger charge is 2.13. The Labute approximate surface area is 153 Å². The van der Waals surface area contributed by atoms with Crippen LogP contribution in [0.25, 0.3) is 21.8 Å². The molecule has 6 nitrogen and oxygen atoms in total. The average molecular weight is 367 g/mol. The fraction of sp³-hybridized carbons (Fsp3) is 0.105.